The number of rotatable bonds is 4. The highest BCUT2D eigenvalue weighted by Gasteiger charge is 2.26. The van der Waals surface area contributed by atoms with Gasteiger partial charge in [-0.3, -0.25) is 14.3 Å². The fraction of sp³-hybridized carbons (Fsp3) is 0.261. The Bertz CT molecular complexity index is 1100. The largest absolute Gasteiger partial charge is 0.333 e. The first kappa shape index (κ1) is 19.8. The summed E-state index contributed by atoms with van der Waals surface area (Å²) in [5.74, 6) is -0.843. The van der Waals surface area contributed by atoms with Gasteiger partial charge in [0.1, 0.15) is 11.5 Å². The summed E-state index contributed by atoms with van der Waals surface area (Å²) in [5.41, 5.74) is 4.37. The summed E-state index contributed by atoms with van der Waals surface area (Å²) in [4.78, 5) is 27.4. The normalized spacial score (nSPS) is 13.7. The van der Waals surface area contributed by atoms with Crippen molar-refractivity contribution >= 4 is 17.5 Å². The first-order chi connectivity index (χ1) is 14.4. The van der Waals surface area contributed by atoms with Crippen molar-refractivity contribution in [2.24, 2.45) is 0 Å². The van der Waals surface area contributed by atoms with Crippen LogP contribution in [0, 0.1) is 19.7 Å². The molecule has 0 saturated heterocycles. The smallest absolute Gasteiger partial charge is 0.276 e. The van der Waals surface area contributed by atoms with E-state index in [0.29, 0.717) is 31.0 Å². The van der Waals surface area contributed by atoms with Gasteiger partial charge >= 0.3 is 0 Å². The lowest BCUT2D eigenvalue weighted by Gasteiger charge is -2.20. The van der Waals surface area contributed by atoms with Crippen molar-refractivity contribution in [2.75, 3.05) is 11.9 Å². The molecule has 1 N–H and O–H groups in total. The predicted octanol–water partition coefficient (Wildman–Crippen LogP) is 3.94. The van der Waals surface area contributed by atoms with Crippen molar-refractivity contribution in [3.63, 3.8) is 0 Å². The van der Waals surface area contributed by atoms with Gasteiger partial charge < -0.3 is 10.2 Å². The quantitative estimate of drug-likeness (QED) is 0.714. The highest BCUT2D eigenvalue weighted by Crippen LogP contribution is 2.19. The number of carbonyl (C=O) groups excluding carboxylic acids is 2. The average molecular weight is 406 g/mol. The third-order valence-corrected chi connectivity index (χ3v) is 5.37. The van der Waals surface area contributed by atoms with E-state index in [1.165, 1.54) is 12.1 Å². The molecule has 30 heavy (non-hydrogen) atoms. The van der Waals surface area contributed by atoms with Gasteiger partial charge in [-0.2, -0.15) is 5.10 Å². The zero-order chi connectivity index (χ0) is 21.3. The van der Waals surface area contributed by atoms with Crippen molar-refractivity contribution < 1.29 is 14.0 Å². The van der Waals surface area contributed by atoms with Crippen LogP contribution in [0.3, 0.4) is 0 Å². The molecule has 1 aromatic heterocycles. The molecule has 3 aromatic rings. The van der Waals surface area contributed by atoms with Crippen LogP contribution in [-0.4, -0.2) is 33.0 Å². The van der Waals surface area contributed by atoms with Crippen LogP contribution >= 0.6 is 0 Å². The van der Waals surface area contributed by atoms with Crippen molar-refractivity contribution in [1.29, 1.82) is 0 Å². The summed E-state index contributed by atoms with van der Waals surface area (Å²) in [6.07, 6.45) is 0.722. The fourth-order valence-electron chi connectivity index (χ4n) is 3.52. The van der Waals surface area contributed by atoms with Crippen LogP contribution < -0.4 is 5.32 Å². The Morgan fingerprint density at radius 1 is 1.07 bits per heavy atom. The van der Waals surface area contributed by atoms with Crippen LogP contribution in [0.4, 0.5) is 10.1 Å². The van der Waals surface area contributed by atoms with Crippen molar-refractivity contribution in [3.8, 4) is 0 Å². The molecular weight excluding hydrogens is 383 g/mol. The lowest BCUT2D eigenvalue weighted by molar-refractivity contribution is 0.0745. The SMILES string of the molecule is Cc1ccc(NC(=O)c2cc3n(n2)CCCN(Cc2ccc(F)cc2)C3=O)cc1C. The van der Waals surface area contributed by atoms with E-state index >= 15 is 0 Å². The molecule has 2 aromatic carbocycles. The molecule has 7 heteroatoms. The summed E-state index contributed by atoms with van der Waals surface area (Å²) < 4.78 is 14.7. The van der Waals surface area contributed by atoms with E-state index in [0.717, 1.165) is 23.1 Å². The maximum atomic E-state index is 13.2. The third kappa shape index (κ3) is 4.10. The van der Waals surface area contributed by atoms with Gasteiger partial charge in [0, 0.05) is 31.4 Å². The number of halogens is 1. The summed E-state index contributed by atoms with van der Waals surface area (Å²) >= 11 is 0. The number of aryl methyl sites for hydroxylation is 3. The van der Waals surface area contributed by atoms with Crippen LogP contribution in [0.25, 0.3) is 0 Å². The molecule has 0 unspecified atom stereocenters. The number of nitrogens with one attached hydrogen (secondary N) is 1. The highest BCUT2D eigenvalue weighted by atomic mass is 19.1. The number of hydrogen-bond donors (Lipinski definition) is 1. The molecule has 0 bridgehead atoms. The number of hydrogen-bond acceptors (Lipinski definition) is 3. The van der Waals surface area contributed by atoms with E-state index in [1.807, 2.05) is 32.0 Å². The molecule has 0 atom stereocenters. The Balaban J connectivity index is 1.52. The van der Waals surface area contributed by atoms with Crippen LogP contribution in [0.2, 0.25) is 0 Å². The number of anilines is 1. The van der Waals surface area contributed by atoms with Gasteiger partial charge in [0.2, 0.25) is 0 Å². The molecule has 0 saturated carbocycles. The third-order valence-electron chi connectivity index (χ3n) is 5.37. The van der Waals surface area contributed by atoms with E-state index < -0.39 is 0 Å². The summed E-state index contributed by atoms with van der Waals surface area (Å²) in [6.45, 7) is 5.50. The summed E-state index contributed by atoms with van der Waals surface area (Å²) in [7, 11) is 0. The topological polar surface area (TPSA) is 67.2 Å². The number of carbonyl (C=O) groups is 2. The molecule has 1 aliphatic rings. The first-order valence-corrected chi connectivity index (χ1v) is 9.91. The maximum Gasteiger partial charge on any atom is 0.276 e. The second kappa shape index (κ2) is 8.10. The van der Waals surface area contributed by atoms with Gasteiger partial charge in [0.05, 0.1) is 0 Å². The van der Waals surface area contributed by atoms with E-state index in [2.05, 4.69) is 10.4 Å². The first-order valence-electron chi connectivity index (χ1n) is 9.91. The number of benzene rings is 2. The molecule has 0 aliphatic carbocycles. The second-order valence-electron chi connectivity index (χ2n) is 7.60. The van der Waals surface area contributed by atoms with Crippen molar-refractivity contribution in [2.45, 2.75) is 33.4 Å². The Labute approximate surface area is 174 Å². The minimum absolute atomic E-state index is 0.186. The van der Waals surface area contributed by atoms with E-state index in [-0.39, 0.29) is 23.3 Å². The van der Waals surface area contributed by atoms with Crippen LogP contribution in [-0.2, 0) is 13.1 Å². The van der Waals surface area contributed by atoms with Gasteiger partial charge in [-0.15, -0.1) is 0 Å². The van der Waals surface area contributed by atoms with Gasteiger partial charge in [-0.1, -0.05) is 18.2 Å². The van der Waals surface area contributed by atoms with Crippen molar-refractivity contribution in [3.05, 3.63) is 82.4 Å². The van der Waals surface area contributed by atoms with Gasteiger partial charge in [-0.05, 0) is 61.2 Å². The zero-order valence-electron chi connectivity index (χ0n) is 17.0. The Hall–Kier alpha value is -3.48. The molecule has 154 valence electrons. The standard InChI is InChI=1S/C23H23FN4O2/c1-15-4-9-19(12-16(15)2)25-22(29)20-13-21-23(30)27(10-3-11-28(21)26-20)14-17-5-7-18(24)8-6-17/h4-9,12-13H,3,10-11,14H2,1-2H3,(H,25,29). The molecule has 2 heterocycles. The molecule has 1 aliphatic heterocycles. The van der Waals surface area contributed by atoms with E-state index in [9.17, 15) is 14.0 Å². The number of amides is 2. The van der Waals surface area contributed by atoms with Gasteiger partial charge in [0.15, 0.2) is 5.69 Å². The maximum absolute atomic E-state index is 13.2. The summed E-state index contributed by atoms with van der Waals surface area (Å²) in [5, 5.41) is 7.20. The molecule has 4 rings (SSSR count). The highest BCUT2D eigenvalue weighted by molar-refractivity contribution is 6.04. The van der Waals surface area contributed by atoms with Crippen LogP contribution in [0.15, 0.2) is 48.5 Å². The Kier molecular flexibility index (Phi) is 5.35. The average Bonchev–Trinajstić information content (AvgIpc) is 3.09. The summed E-state index contributed by atoms with van der Waals surface area (Å²) in [6, 6.07) is 13.4. The number of nitrogens with zero attached hydrogens (tertiary/aromatic N) is 3. The monoisotopic (exact) mass is 406 g/mol. The van der Waals surface area contributed by atoms with Gasteiger partial charge in [0.25, 0.3) is 11.8 Å². The minimum Gasteiger partial charge on any atom is -0.333 e. The zero-order valence-corrected chi connectivity index (χ0v) is 17.0. The number of aromatic nitrogens is 2. The predicted molar refractivity (Wildman–Crippen MR) is 112 cm³/mol. The molecular formula is C23H23FN4O2. The molecule has 0 fully saturated rings. The minimum atomic E-state index is -0.350. The van der Waals surface area contributed by atoms with Crippen LogP contribution in [0.1, 0.15) is 44.1 Å². The lowest BCUT2D eigenvalue weighted by atomic mass is 10.1. The van der Waals surface area contributed by atoms with E-state index in [4.69, 9.17) is 0 Å². The lowest BCUT2D eigenvalue weighted by Crippen LogP contribution is -2.30. The molecule has 2 amide bonds. The molecule has 0 radical (unpaired) electrons. The van der Waals surface area contributed by atoms with Crippen molar-refractivity contribution in [1.82, 2.24) is 14.7 Å². The van der Waals surface area contributed by atoms with E-state index in [1.54, 1.807) is 27.8 Å². The second-order valence-corrected chi connectivity index (χ2v) is 7.60. The van der Waals surface area contributed by atoms with Crippen LogP contribution in [0.5, 0.6) is 0 Å². The van der Waals surface area contributed by atoms with Gasteiger partial charge in [-0.25, -0.2) is 4.39 Å². The Morgan fingerprint density at radius 3 is 2.57 bits per heavy atom. The molecule has 6 nitrogen and oxygen atoms in total. The Morgan fingerprint density at radius 2 is 1.83 bits per heavy atom. The fourth-order valence-corrected chi connectivity index (χ4v) is 3.52. The number of fused-ring (bicyclic) bond motifs is 1. The molecule has 0 spiro atoms.